The van der Waals surface area contributed by atoms with Gasteiger partial charge in [0, 0.05) is 62.5 Å². The van der Waals surface area contributed by atoms with E-state index in [4.69, 9.17) is 0 Å². The predicted molar refractivity (Wildman–Crippen MR) is 227 cm³/mol. The Morgan fingerprint density at radius 3 is 0.917 bits per heavy atom. The Labute approximate surface area is 397 Å². The minimum absolute atomic E-state index is 0. The molecule has 0 amide bonds. The van der Waals surface area contributed by atoms with Gasteiger partial charge in [0.2, 0.25) is 0 Å². The van der Waals surface area contributed by atoms with Gasteiger partial charge in [-0.05, 0) is 55.2 Å². The lowest BCUT2D eigenvalue weighted by Crippen LogP contribution is -3.13. The normalized spacial score (nSPS) is 11.7. The van der Waals surface area contributed by atoms with E-state index in [2.05, 4.69) is 131 Å². The summed E-state index contributed by atoms with van der Waals surface area (Å²) in [7, 11) is 0. The maximum atomic E-state index is 4.16. The summed E-state index contributed by atoms with van der Waals surface area (Å²) in [5.41, 5.74) is 11.3. The first-order chi connectivity index (χ1) is 26.7. The first-order valence-electron chi connectivity index (χ1n) is 21.4. The van der Waals surface area contributed by atoms with E-state index in [1.165, 1.54) is 158 Å². The van der Waals surface area contributed by atoms with Gasteiger partial charge < -0.3 is 106 Å². The van der Waals surface area contributed by atoms with Crippen LogP contribution >= 0.6 is 0 Å². The van der Waals surface area contributed by atoms with Crippen molar-refractivity contribution in [3.63, 3.8) is 0 Å². The molecule has 0 spiro atoms. The second-order valence-electron chi connectivity index (χ2n) is 15.7. The zero-order chi connectivity index (χ0) is 37.2. The summed E-state index contributed by atoms with van der Waals surface area (Å²) >= 11 is 0. The Morgan fingerprint density at radius 1 is 0.350 bits per heavy atom. The molecule has 0 aliphatic carbocycles. The molecule has 6 nitrogen and oxygen atoms in total. The Morgan fingerprint density at radius 2 is 0.617 bits per heavy atom. The number of fused-ring (bicyclic) bond motifs is 4. The van der Waals surface area contributed by atoms with E-state index in [0.717, 1.165) is 26.2 Å². The standard InChI is InChI=1S/C48H64N6.6ClH/c49-25-15-33-53(29-11-9-27-51-37-47-43-21-5-1-17-39(43)35-40-18-2-6-22-44(40)47)31-13-14-32-54(34-16-26-50)30-12-10-28-52-38-48-45-23-7-3-19-41(45)36-42-20-4-8-24-46(42)48;;;;;;/h1-8,17-24,35-36,51-52H,9-16,25-34,37-38,49-50H2;6*1H. The van der Waals surface area contributed by atoms with Gasteiger partial charge in [0.25, 0.3) is 0 Å². The molecular formula is C48H70Cl6N6. The van der Waals surface area contributed by atoms with Crippen molar-refractivity contribution in [2.24, 2.45) is 0 Å². The molecule has 2 atom stereocenters. The van der Waals surface area contributed by atoms with Gasteiger partial charge >= 0.3 is 0 Å². The minimum atomic E-state index is 0. The van der Waals surface area contributed by atoms with Gasteiger partial charge in [0.1, 0.15) is 13.1 Å². The van der Waals surface area contributed by atoms with Crippen molar-refractivity contribution in [3.05, 3.63) is 120 Å². The molecular weight excluding hydrogens is 873 g/mol. The molecule has 0 aromatic heterocycles. The number of hydrogen-bond donors (Lipinski definition) is 6. The van der Waals surface area contributed by atoms with Gasteiger partial charge in [0.05, 0.1) is 65.4 Å². The summed E-state index contributed by atoms with van der Waals surface area (Å²) in [6.07, 6.45) is 10.4. The Kier molecular flexibility index (Phi) is 31.4. The highest BCUT2D eigenvalue weighted by Gasteiger charge is 2.14. The molecule has 0 fully saturated rings. The van der Waals surface area contributed by atoms with E-state index in [1.807, 2.05) is 0 Å². The first kappa shape index (κ1) is 57.9. The fourth-order valence-electron chi connectivity index (χ4n) is 8.73. The van der Waals surface area contributed by atoms with E-state index in [0.29, 0.717) is 0 Å². The number of nitrogens with one attached hydrogen (secondary N) is 2. The fourth-order valence-corrected chi connectivity index (χ4v) is 8.73. The molecule has 0 saturated heterocycles. The summed E-state index contributed by atoms with van der Waals surface area (Å²) in [6, 6.07) is 40.3. The van der Waals surface area contributed by atoms with Crippen molar-refractivity contribution in [2.45, 2.75) is 64.5 Å². The molecule has 6 aromatic carbocycles. The topological polar surface area (TPSA) is 97.4 Å². The van der Waals surface area contributed by atoms with E-state index >= 15 is 0 Å². The molecule has 6 rings (SSSR count). The number of quaternary nitrogens is 6. The Hall–Kier alpha value is -2.14. The monoisotopic (exact) mass is 940 g/mol. The van der Waals surface area contributed by atoms with Crippen molar-refractivity contribution in [2.75, 3.05) is 65.4 Å². The number of nitrogens with two attached hydrogens (primary N) is 2. The molecule has 0 heterocycles. The third kappa shape index (κ3) is 17.2. The molecule has 0 saturated carbocycles. The van der Waals surface area contributed by atoms with Gasteiger partial charge in [-0.3, -0.25) is 0 Å². The van der Waals surface area contributed by atoms with Crippen LogP contribution in [0.25, 0.3) is 43.1 Å². The second-order valence-corrected chi connectivity index (χ2v) is 15.7. The molecule has 0 bridgehead atoms. The van der Waals surface area contributed by atoms with Crippen molar-refractivity contribution in [1.29, 1.82) is 0 Å². The van der Waals surface area contributed by atoms with Crippen LogP contribution in [0.2, 0.25) is 0 Å². The molecule has 60 heavy (non-hydrogen) atoms. The molecule has 2 unspecified atom stereocenters. The highest BCUT2D eigenvalue weighted by molar-refractivity contribution is 6.03. The zero-order valence-corrected chi connectivity index (χ0v) is 39.9. The molecule has 12 N–H and O–H groups in total. The molecule has 334 valence electrons. The number of hydrogen-bond acceptors (Lipinski definition) is 0. The van der Waals surface area contributed by atoms with Crippen LogP contribution in [0.3, 0.4) is 0 Å². The molecule has 12 heteroatoms. The van der Waals surface area contributed by atoms with Crippen molar-refractivity contribution >= 4 is 43.1 Å². The van der Waals surface area contributed by atoms with E-state index in [9.17, 15) is 0 Å². The highest BCUT2D eigenvalue weighted by atomic mass is 35.5. The van der Waals surface area contributed by atoms with E-state index in [-0.39, 0.29) is 74.4 Å². The van der Waals surface area contributed by atoms with E-state index in [1.54, 1.807) is 9.80 Å². The number of benzene rings is 6. The maximum absolute atomic E-state index is 4.16. The summed E-state index contributed by atoms with van der Waals surface area (Å²) in [6.45, 7) is 14.4. The van der Waals surface area contributed by atoms with Crippen LogP contribution in [-0.2, 0) is 13.1 Å². The average molecular weight is 944 g/mol. The van der Waals surface area contributed by atoms with Gasteiger partial charge in [0.15, 0.2) is 0 Å². The van der Waals surface area contributed by atoms with Crippen LogP contribution in [0.4, 0.5) is 0 Å². The second kappa shape index (κ2) is 32.5. The smallest absolute Gasteiger partial charge is 0.102 e. The van der Waals surface area contributed by atoms with Gasteiger partial charge in [-0.15, -0.1) is 0 Å². The third-order valence-corrected chi connectivity index (χ3v) is 11.7. The minimum Gasteiger partial charge on any atom is -1.00 e. The van der Waals surface area contributed by atoms with Gasteiger partial charge in [-0.1, -0.05) is 97.1 Å². The zero-order valence-electron chi connectivity index (χ0n) is 35.4. The molecule has 0 aliphatic heterocycles. The number of halogens is 6. The molecule has 0 aliphatic rings. The number of rotatable bonds is 25. The van der Waals surface area contributed by atoms with Crippen LogP contribution in [0.1, 0.15) is 62.5 Å². The van der Waals surface area contributed by atoms with Crippen LogP contribution in [0.5, 0.6) is 0 Å². The van der Waals surface area contributed by atoms with Crippen LogP contribution in [-0.4, -0.2) is 65.4 Å². The molecule has 0 radical (unpaired) electrons. The highest BCUT2D eigenvalue weighted by Crippen LogP contribution is 2.29. The van der Waals surface area contributed by atoms with Crippen LogP contribution in [0.15, 0.2) is 109 Å². The lowest BCUT2D eigenvalue weighted by molar-refractivity contribution is -0.908. The third-order valence-electron chi connectivity index (χ3n) is 11.7. The van der Waals surface area contributed by atoms with Crippen molar-refractivity contribution in [1.82, 2.24) is 0 Å². The predicted octanol–water partition coefficient (Wildman–Crippen LogP) is -15.5. The SMILES string of the molecule is [Cl-].[Cl-].[Cl-].[Cl-].[Cl-].[Cl-].[NH3+]CCC[NH+](CCCC[NH2+]Cc1c2ccccc2cc2ccccc12)CCCC[NH+](CCC[NH3+])CCCC[NH2+]Cc1c2ccccc2cc2ccccc12. The number of unbranched alkanes of at least 4 members (excludes halogenated alkanes) is 3. The van der Waals surface area contributed by atoms with Crippen molar-refractivity contribution in [3.8, 4) is 0 Å². The first-order valence-corrected chi connectivity index (χ1v) is 21.4. The molecule has 6 aromatic rings. The lowest BCUT2D eigenvalue weighted by Gasteiger charge is -2.21. The van der Waals surface area contributed by atoms with Gasteiger partial charge in [-0.25, -0.2) is 0 Å². The van der Waals surface area contributed by atoms with Gasteiger partial charge in [-0.2, -0.15) is 0 Å². The summed E-state index contributed by atoms with van der Waals surface area (Å²) in [5, 5.41) is 16.1. The largest absolute Gasteiger partial charge is 1.00 e. The van der Waals surface area contributed by atoms with Crippen LogP contribution < -0.4 is 106 Å². The lowest BCUT2D eigenvalue weighted by atomic mass is 9.97. The Bertz CT molecular complexity index is 1780. The fraction of sp³-hybridized carbons (Fsp3) is 0.417. The quantitative estimate of drug-likeness (QED) is 0.0244. The van der Waals surface area contributed by atoms with Crippen molar-refractivity contribution < 1.29 is 106 Å². The summed E-state index contributed by atoms with van der Waals surface area (Å²) < 4.78 is 0. The van der Waals surface area contributed by atoms with Crippen LogP contribution in [0, 0.1) is 0 Å². The summed E-state index contributed by atoms with van der Waals surface area (Å²) in [4.78, 5) is 3.60. The average Bonchev–Trinajstić information content (AvgIpc) is 3.21. The summed E-state index contributed by atoms with van der Waals surface area (Å²) in [5.74, 6) is 0. The Balaban J connectivity index is 0.00000580. The van der Waals surface area contributed by atoms with E-state index < -0.39 is 0 Å². The maximum Gasteiger partial charge on any atom is 0.102 e.